The molecule has 0 heterocycles. The molecule has 0 aliphatic rings. The van der Waals surface area contributed by atoms with E-state index < -0.39 is 0 Å². The molecule has 0 atom stereocenters. The van der Waals surface area contributed by atoms with Gasteiger partial charge in [-0.3, -0.25) is 9.59 Å². The minimum Gasteiger partial charge on any atom is -0.303 e. The number of ketones is 2. The third-order valence-corrected chi connectivity index (χ3v) is 1.07. The predicted octanol–water partition coefficient (Wildman–Crippen LogP) is 1.75. The average Bonchev–Trinajstić information content (AvgIpc) is 2.20. The van der Waals surface area contributed by atoms with Gasteiger partial charge in [-0.05, 0) is 6.42 Å². The van der Waals surface area contributed by atoms with Crippen LogP contribution in [0.5, 0.6) is 0 Å². The standard InChI is InChI=1S/C4H6O2.C4H8O.C3H6O/c1-3(5)4(2)6;1-2-3-4-5;1-2-3-4/h1-2H3;4H,2-3H2,1H3;3H,2H2,1H3. The molecule has 0 rings (SSSR count). The normalized spacial score (nSPS) is 7.20. The SMILES string of the molecule is CC(=O)C(C)=O.CCC=O.CCCC=O. The van der Waals surface area contributed by atoms with Crippen LogP contribution in [-0.4, -0.2) is 24.1 Å². The number of rotatable bonds is 4. The molecule has 4 nitrogen and oxygen atoms in total. The van der Waals surface area contributed by atoms with Crippen molar-refractivity contribution in [1.82, 2.24) is 0 Å². The summed E-state index contributed by atoms with van der Waals surface area (Å²) in [6.45, 7) is 6.30. The summed E-state index contributed by atoms with van der Waals surface area (Å²) >= 11 is 0. The molecule has 0 amide bonds. The zero-order chi connectivity index (χ0) is 12.7. The molecule has 88 valence electrons. The van der Waals surface area contributed by atoms with Crippen molar-refractivity contribution in [2.24, 2.45) is 0 Å². The second-order valence-corrected chi connectivity index (χ2v) is 2.64. The van der Waals surface area contributed by atoms with Gasteiger partial charge >= 0.3 is 0 Å². The zero-order valence-electron chi connectivity index (χ0n) is 9.91. The van der Waals surface area contributed by atoms with Crippen molar-refractivity contribution < 1.29 is 19.2 Å². The summed E-state index contributed by atoms with van der Waals surface area (Å²) in [6.07, 6.45) is 4.13. The van der Waals surface area contributed by atoms with Crippen molar-refractivity contribution in [2.45, 2.75) is 47.0 Å². The fourth-order valence-electron chi connectivity index (χ4n) is 0.118. The summed E-state index contributed by atoms with van der Waals surface area (Å²) in [5.74, 6) is -0.759. The Morgan fingerprint density at radius 1 is 0.933 bits per heavy atom. The first kappa shape index (κ1) is 19.3. The highest BCUT2D eigenvalue weighted by Crippen LogP contribution is 1.74. The molecule has 0 unspecified atom stereocenters. The summed E-state index contributed by atoms with van der Waals surface area (Å²) in [7, 11) is 0. The fourth-order valence-corrected chi connectivity index (χ4v) is 0.118. The van der Waals surface area contributed by atoms with Gasteiger partial charge < -0.3 is 9.59 Å². The van der Waals surface area contributed by atoms with Crippen LogP contribution in [0.2, 0.25) is 0 Å². The summed E-state index contributed by atoms with van der Waals surface area (Å²) < 4.78 is 0. The van der Waals surface area contributed by atoms with Crippen LogP contribution < -0.4 is 0 Å². The smallest absolute Gasteiger partial charge is 0.195 e. The number of unbranched alkanes of at least 4 members (excludes halogenated alkanes) is 1. The Balaban J connectivity index is -0.000000147. The van der Waals surface area contributed by atoms with Gasteiger partial charge in [-0.25, -0.2) is 0 Å². The van der Waals surface area contributed by atoms with Crippen LogP contribution in [-0.2, 0) is 19.2 Å². The molecule has 0 aromatic rings. The lowest BCUT2D eigenvalue weighted by atomic mass is 10.3. The first-order valence-electron chi connectivity index (χ1n) is 4.86. The molecule has 0 aromatic carbocycles. The largest absolute Gasteiger partial charge is 0.303 e. The molecule has 0 radical (unpaired) electrons. The van der Waals surface area contributed by atoms with Gasteiger partial charge in [0.15, 0.2) is 11.6 Å². The molecule has 0 N–H and O–H groups in total. The van der Waals surface area contributed by atoms with Gasteiger partial charge in [0.1, 0.15) is 12.6 Å². The van der Waals surface area contributed by atoms with E-state index in [1.165, 1.54) is 13.8 Å². The number of hydrogen-bond donors (Lipinski definition) is 0. The molecule has 4 heteroatoms. The van der Waals surface area contributed by atoms with Crippen LogP contribution in [0.3, 0.4) is 0 Å². The maximum absolute atomic E-state index is 9.79. The Labute approximate surface area is 91.0 Å². The highest BCUT2D eigenvalue weighted by molar-refractivity contribution is 6.35. The van der Waals surface area contributed by atoms with Crippen molar-refractivity contribution in [1.29, 1.82) is 0 Å². The Kier molecular flexibility index (Phi) is 23.7. The Bertz CT molecular complexity index is 173. The third kappa shape index (κ3) is 44.8. The number of aldehydes is 2. The lowest BCUT2D eigenvalue weighted by molar-refractivity contribution is -0.134. The molecule has 0 bridgehead atoms. The van der Waals surface area contributed by atoms with E-state index in [9.17, 15) is 19.2 Å². The van der Waals surface area contributed by atoms with Crippen molar-refractivity contribution in [2.75, 3.05) is 0 Å². The van der Waals surface area contributed by atoms with Crippen LogP contribution in [0.15, 0.2) is 0 Å². The number of carbonyl (C=O) groups excluding carboxylic acids is 4. The Hall–Kier alpha value is -1.32. The Morgan fingerprint density at radius 3 is 1.27 bits per heavy atom. The molecule has 0 saturated heterocycles. The molecule has 0 fully saturated rings. The lowest BCUT2D eigenvalue weighted by Gasteiger charge is -1.73. The molecule has 15 heavy (non-hydrogen) atoms. The topological polar surface area (TPSA) is 68.3 Å². The monoisotopic (exact) mass is 216 g/mol. The third-order valence-electron chi connectivity index (χ3n) is 1.07. The summed E-state index contributed by atoms with van der Waals surface area (Å²) in [4.78, 5) is 38.2. The van der Waals surface area contributed by atoms with E-state index in [4.69, 9.17) is 0 Å². The van der Waals surface area contributed by atoms with Crippen LogP contribution in [0.25, 0.3) is 0 Å². The van der Waals surface area contributed by atoms with Gasteiger partial charge in [-0.1, -0.05) is 13.8 Å². The second kappa shape index (κ2) is 18.5. The fraction of sp³-hybridized carbons (Fsp3) is 0.636. The summed E-state index contributed by atoms with van der Waals surface area (Å²) in [5.41, 5.74) is 0. The summed E-state index contributed by atoms with van der Waals surface area (Å²) in [6, 6.07) is 0. The molecular formula is C11H20O4. The number of carbonyl (C=O) groups is 4. The van der Waals surface area contributed by atoms with Gasteiger partial charge in [0.25, 0.3) is 0 Å². The van der Waals surface area contributed by atoms with Crippen molar-refractivity contribution in [3.8, 4) is 0 Å². The maximum atomic E-state index is 9.79. The van der Waals surface area contributed by atoms with E-state index in [0.29, 0.717) is 12.8 Å². The highest BCUT2D eigenvalue weighted by atomic mass is 16.2. The maximum Gasteiger partial charge on any atom is 0.195 e. The Morgan fingerprint density at radius 2 is 1.27 bits per heavy atom. The minimum atomic E-state index is -0.380. The quantitative estimate of drug-likeness (QED) is 0.530. The zero-order valence-corrected chi connectivity index (χ0v) is 9.91. The predicted molar refractivity (Wildman–Crippen MR) is 58.7 cm³/mol. The van der Waals surface area contributed by atoms with E-state index in [1.54, 1.807) is 0 Å². The van der Waals surface area contributed by atoms with Gasteiger partial charge in [-0.15, -0.1) is 0 Å². The first-order valence-corrected chi connectivity index (χ1v) is 4.86. The summed E-state index contributed by atoms with van der Waals surface area (Å²) in [5, 5.41) is 0. The number of Topliss-reactive ketones (excluding diaryl/α,β-unsaturated/α-hetero) is 2. The van der Waals surface area contributed by atoms with E-state index in [2.05, 4.69) is 0 Å². The van der Waals surface area contributed by atoms with Gasteiger partial charge in [0.05, 0.1) is 0 Å². The van der Waals surface area contributed by atoms with Crippen LogP contribution >= 0.6 is 0 Å². The van der Waals surface area contributed by atoms with Crippen LogP contribution in [0.4, 0.5) is 0 Å². The van der Waals surface area contributed by atoms with E-state index >= 15 is 0 Å². The van der Waals surface area contributed by atoms with Crippen molar-refractivity contribution in [3.63, 3.8) is 0 Å². The molecule has 0 spiro atoms. The van der Waals surface area contributed by atoms with E-state index in [-0.39, 0.29) is 11.6 Å². The van der Waals surface area contributed by atoms with Gasteiger partial charge in [0.2, 0.25) is 0 Å². The van der Waals surface area contributed by atoms with Crippen molar-refractivity contribution >= 4 is 24.1 Å². The van der Waals surface area contributed by atoms with Gasteiger partial charge in [0, 0.05) is 26.7 Å². The number of hydrogen-bond acceptors (Lipinski definition) is 4. The van der Waals surface area contributed by atoms with Crippen LogP contribution in [0, 0.1) is 0 Å². The van der Waals surface area contributed by atoms with Crippen molar-refractivity contribution in [3.05, 3.63) is 0 Å². The van der Waals surface area contributed by atoms with Gasteiger partial charge in [-0.2, -0.15) is 0 Å². The molecule has 0 aliphatic carbocycles. The highest BCUT2D eigenvalue weighted by Gasteiger charge is 1.94. The molecule has 0 aromatic heterocycles. The van der Waals surface area contributed by atoms with Crippen LogP contribution in [0.1, 0.15) is 47.0 Å². The van der Waals surface area contributed by atoms with E-state index in [0.717, 1.165) is 19.0 Å². The second-order valence-electron chi connectivity index (χ2n) is 2.64. The first-order chi connectivity index (χ1) is 6.97. The molecule has 0 aliphatic heterocycles. The minimum absolute atomic E-state index is 0.380. The van der Waals surface area contributed by atoms with E-state index in [1.807, 2.05) is 13.8 Å². The lowest BCUT2D eigenvalue weighted by Crippen LogP contribution is -2.01. The average molecular weight is 216 g/mol. The molecular weight excluding hydrogens is 196 g/mol. The molecule has 0 saturated carbocycles.